The number of carbonyl (C=O) groups excluding carboxylic acids is 2. The largest absolute Gasteiger partial charge is 0.493 e. The average molecular weight is 412 g/mol. The molecule has 5 nitrogen and oxygen atoms in total. The molecule has 1 atom stereocenters. The number of carbonyl (C=O) groups is 2. The molecule has 1 unspecified atom stereocenters. The number of Topliss-reactive ketones (excluding diaryl/α,β-unsaturated/α-hetero) is 1. The summed E-state index contributed by atoms with van der Waals surface area (Å²) in [5.41, 5.74) is 2.85. The molecular weight excluding hydrogens is 390 g/mol. The van der Waals surface area contributed by atoms with Gasteiger partial charge in [0.1, 0.15) is 0 Å². The lowest BCUT2D eigenvalue weighted by Crippen LogP contribution is -2.40. The Kier molecular flexibility index (Phi) is 5.33. The van der Waals surface area contributed by atoms with Crippen LogP contribution in [0.4, 0.5) is 5.69 Å². The molecule has 1 amide bonds. The van der Waals surface area contributed by atoms with Crippen LogP contribution in [-0.4, -0.2) is 25.9 Å². The number of ketones is 1. The monoisotopic (exact) mass is 411 g/mol. The lowest BCUT2D eigenvalue weighted by molar-refractivity contribution is -0.119. The molecular formula is C23H22ClNO4. The molecule has 29 heavy (non-hydrogen) atoms. The molecule has 0 N–H and O–H groups in total. The molecule has 6 heteroatoms. The van der Waals surface area contributed by atoms with Crippen LogP contribution in [0.5, 0.6) is 11.5 Å². The number of anilines is 1. The van der Waals surface area contributed by atoms with E-state index >= 15 is 0 Å². The highest BCUT2D eigenvalue weighted by molar-refractivity contribution is 6.34. The van der Waals surface area contributed by atoms with Crippen molar-refractivity contribution >= 4 is 29.0 Å². The molecule has 150 valence electrons. The van der Waals surface area contributed by atoms with E-state index < -0.39 is 0 Å². The molecule has 1 heterocycles. The zero-order valence-electron chi connectivity index (χ0n) is 16.4. The first kappa shape index (κ1) is 19.5. The van der Waals surface area contributed by atoms with E-state index in [1.807, 2.05) is 30.3 Å². The van der Waals surface area contributed by atoms with Gasteiger partial charge < -0.3 is 9.47 Å². The highest BCUT2D eigenvalue weighted by Crippen LogP contribution is 2.48. The van der Waals surface area contributed by atoms with Crippen molar-refractivity contribution in [1.82, 2.24) is 0 Å². The third-order valence-corrected chi connectivity index (χ3v) is 5.90. The average Bonchev–Trinajstić information content (AvgIpc) is 2.73. The van der Waals surface area contributed by atoms with Crippen molar-refractivity contribution in [2.75, 3.05) is 19.1 Å². The third kappa shape index (κ3) is 3.29. The Balaban J connectivity index is 1.91. The highest BCUT2D eigenvalue weighted by Gasteiger charge is 2.41. The van der Waals surface area contributed by atoms with Gasteiger partial charge in [0, 0.05) is 35.6 Å². The zero-order valence-corrected chi connectivity index (χ0v) is 17.2. The predicted molar refractivity (Wildman–Crippen MR) is 112 cm³/mol. The van der Waals surface area contributed by atoms with Crippen LogP contribution in [0.1, 0.15) is 37.2 Å². The molecule has 0 fully saturated rings. The maximum atomic E-state index is 13.3. The van der Waals surface area contributed by atoms with Gasteiger partial charge in [-0.25, -0.2) is 0 Å². The maximum absolute atomic E-state index is 13.3. The van der Waals surface area contributed by atoms with Crippen LogP contribution in [0, 0.1) is 0 Å². The Bertz CT molecular complexity index is 1010. The number of benzene rings is 2. The maximum Gasteiger partial charge on any atom is 0.232 e. The number of nitrogens with zero attached hydrogens (tertiary/aromatic N) is 1. The Morgan fingerprint density at radius 3 is 2.52 bits per heavy atom. The molecule has 4 rings (SSSR count). The number of hydrogen-bond donors (Lipinski definition) is 0. The highest BCUT2D eigenvalue weighted by atomic mass is 35.5. The lowest BCUT2D eigenvalue weighted by atomic mass is 9.76. The molecule has 0 radical (unpaired) electrons. The molecule has 1 aliphatic heterocycles. The Hall–Kier alpha value is -2.79. The normalized spacial score (nSPS) is 19.3. The second kappa shape index (κ2) is 7.91. The summed E-state index contributed by atoms with van der Waals surface area (Å²) in [4.78, 5) is 28.0. The summed E-state index contributed by atoms with van der Waals surface area (Å²) in [6.07, 6.45) is 2.01. The number of halogens is 1. The topological polar surface area (TPSA) is 55.8 Å². The standard InChI is InChI=1S/C23H22ClNO4/c1-28-20-12-5-7-14(23(20)29-2)15-13-21(27)25(17-9-4-3-8-16(17)24)18-10-6-11-19(26)22(15)18/h3-5,7-9,12,15H,6,10-11,13H2,1-2H3. The van der Waals surface area contributed by atoms with Gasteiger partial charge in [-0.2, -0.15) is 0 Å². The van der Waals surface area contributed by atoms with E-state index in [0.29, 0.717) is 47.0 Å². The molecule has 0 bridgehead atoms. The summed E-state index contributed by atoms with van der Waals surface area (Å²) in [5.74, 6) is 0.766. The second-order valence-electron chi connectivity index (χ2n) is 7.16. The summed E-state index contributed by atoms with van der Waals surface area (Å²) in [7, 11) is 3.14. The van der Waals surface area contributed by atoms with Crippen LogP contribution in [0.2, 0.25) is 5.02 Å². The van der Waals surface area contributed by atoms with E-state index in [4.69, 9.17) is 21.1 Å². The quantitative estimate of drug-likeness (QED) is 0.719. The Labute approximate surface area is 174 Å². The molecule has 0 spiro atoms. The summed E-state index contributed by atoms with van der Waals surface area (Å²) >= 11 is 6.39. The van der Waals surface area contributed by atoms with Crippen LogP contribution in [0.25, 0.3) is 0 Å². The Morgan fingerprint density at radius 2 is 1.79 bits per heavy atom. The molecule has 2 aliphatic rings. The van der Waals surface area contributed by atoms with Crippen molar-refractivity contribution in [3.8, 4) is 11.5 Å². The van der Waals surface area contributed by atoms with Crippen molar-refractivity contribution < 1.29 is 19.1 Å². The summed E-state index contributed by atoms with van der Waals surface area (Å²) in [5, 5.41) is 0.489. The first-order valence-corrected chi connectivity index (χ1v) is 9.99. The van der Waals surface area contributed by atoms with Crippen molar-refractivity contribution in [2.24, 2.45) is 0 Å². The zero-order chi connectivity index (χ0) is 20.5. The van der Waals surface area contributed by atoms with Gasteiger partial charge in [0.05, 0.1) is 24.9 Å². The van der Waals surface area contributed by atoms with Crippen LogP contribution in [0.15, 0.2) is 53.7 Å². The number of para-hydroxylation sites is 2. The number of hydrogen-bond acceptors (Lipinski definition) is 4. The summed E-state index contributed by atoms with van der Waals surface area (Å²) < 4.78 is 11.0. The van der Waals surface area contributed by atoms with Crippen LogP contribution >= 0.6 is 11.6 Å². The van der Waals surface area contributed by atoms with E-state index in [-0.39, 0.29) is 24.0 Å². The third-order valence-electron chi connectivity index (χ3n) is 5.58. The van der Waals surface area contributed by atoms with Crippen LogP contribution in [0.3, 0.4) is 0 Å². The van der Waals surface area contributed by atoms with E-state index in [2.05, 4.69) is 0 Å². The molecule has 1 aliphatic carbocycles. The van der Waals surface area contributed by atoms with Crippen LogP contribution < -0.4 is 14.4 Å². The number of rotatable bonds is 4. The fraction of sp³-hybridized carbons (Fsp3) is 0.304. The van der Waals surface area contributed by atoms with Gasteiger partial charge in [0.25, 0.3) is 0 Å². The molecule has 2 aromatic carbocycles. The van der Waals surface area contributed by atoms with Gasteiger partial charge >= 0.3 is 0 Å². The van der Waals surface area contributed by atoms with Gasteiger partial charge in [-0.15, -0.1) is 0 Å². The number of amides is 1. The van der Waals surface area contributed by atoms with E-state index in [0.717, 1.165) is 11.3 Å². The second-order valence-corrected chi connectivity index (χ2v) is 7.56. The van der Waals surface area contributed by atoms with Crippen molar-refractivity contribution in [1.29, 1.82) is 0 Å². The number of methoxy groups -OCH3 is 2. The van der Waals surface area contributed by atoms with E-state index in [1.165, 1.54) is 0 Å². The SMILES string of the molecule is COc1cccc(C2CC(=O)N(c3ccccc3Cl)C3=C2C(=O)CCC3)c1OC. The van der Waals surface area contributed by atoms with Gasteiger partial charge in [-0.3, -0.25) is 14.5 Å². The molecule has 0 aromatic heterocycles. The minimum absolute atomic E-state index is 0.0747. The van der Waals surface area contributed by atoms with E-state index in [1.54, 1.807) is 31.3 Å². The minimum atomic E-state index is -0.367. The number of allylic oxidation sites excluding steroid dienone is 2. The number of ether oxygens (including phenoxy) is 2. The summed E-state index contributed by atoms with van der Waals surface area (Å²) in [6, 6.07) is 12.8. The van der Waals surface area contributed by atoms with Gasteiger partial charge in [0.2, 0.25) is 5.91 Å². The van der Waals surface area contributed by atoms with Crippen molar-refractivity contribution in [3.05, 3.63) is 64.3 Å². The molecule has 2 aromatic rings. The van der Waals surface area contributed by atoms with E-state index in [9.17, 15) is 9.59 Å². The Morgan fingerprint density at radius 1 is 1.00 bits per heavy atom. The van der Waals surface area contributed by atoms with Gasteiger partial charge in [-0.1, -0.05) is 35.9 Å². The van der Waals surface area contributed by atoms with Gasteiger partial charge in [0.15, 0.2) is 17.3 Å². The molecule has 0 saturated carbocycles. The van der Waals surface area contributed by atoms with Crippen molar-refractivity contribution in [3.63, 3.8) is 0 Å². The first-order valence-electron chi connectivity index (χ1n) is 9.61. The predicted octanol–water partition coefficient (Wildman–Crippen LogP) is 4.88. The van der Waals surface area contributed by atoms with Crippen LogP contribution in [-0.2, 0) is 9.59 Å². The first-order chi connectivity index (χ1) is 14.1. The fourth-order valence-electron chi connectivity index (χ4n) is 4.36. The van der Waals surface area contributed by atoms with Crippen molar-refractivity contribution in [2.45, 2.75) is 31.6 Å². The summed E-state index contributed by atoms with van der Waals surface area (Å²) in [6.45, 7) is 0. The fourth-order valence-corrected chi connectivity index (χ4v) is 4.58. The smallest absolute Gasteiger partial charge is 0.232 e. The van der Waals surface area contributed by atoms with Gasteiger partial charge in [-0.05, 0) is 31.0 Å². The lowest BCUT2D eigenvalue weighted by Gasteiger charge is -2.39. The minimum Gasteiger partial charge on any atom is -0.493 e. The molecule has 0 saturated heterocycles.